The summed E-state index contributed by atoms with van der Waals surface area (Å²) in [5.41, 5.74) is 2.76. The number of hydrogen-bond donors (Lipinski definition) is 3. The van der Waals surface area contributed by atoms with E-state index in [-0.39, 0.29) is 22.9 Å². The summed E-state index contributed by atoms with van der Waals surface area (Å²) in [7, 11) is 0. The fourth-order valence-corrected chi connectivity index (χ4v) is 1.88. The van der Waals surface area contributed by atoms with Gasteiger partial charge in [-0.2, -0.15) is 4.98 Å². The minimum atomic E-state index is -0.153. The van der Waals surface area contributed by atoms with Gasteiger partial charge in [-0.1, -0.05) is 0 Å². The maximum atomic E-state index is 12.0. The summed E-state index contributed by atoms with van der Waals surface area (Å²) >= 11 is 5.63. The summed E-state index contributed by atoms with van der Waals surface area (Å²) in [6, 6.07) is 0. The number of carbonyl (C=O) groups excluding carboxylic acids is 1. The highest BCUT2D eigenvalue weighted by Crippen LogP contribution is 2.21. The quantitative estimate of drug-likeness (QED) is 0.427. The number of carbonyl (C=O) groups is 1. The van der Waals surface area contributed by atoms with Crippen LogP contribution in [0.1, 0.15) is 12.8 Å². The van der Waals surface area contributed by atoms with Crippen LogP contribution < -0.4 is 16.6 Å². The van der Waals surface area contributed by atoms with Crippen LogP contribution in [0.25, 0.3) is 0 Å². The first-order valence-corrected chi connectivity index (χ1v) is 5.96. The predicted octanol–water partition coefficient (Wildman–Crippen LogP) is 0.781. The molecule has 1 aromatic rings. The van der Waals surface area contributed by atoms with Crippen LogP contribution in [0, 0.1) is 5.92 Å². The molecule has 7 nitrogen and oxygen atoms in total. The molecule has 4 N–H and O–H groups in total. The normalized spacial score (nSPS) is 19.3. The molecule has 0 bridgehead atoms. The molecule has 0 aliphatic carbocycles. The molecule has 1 aromatic heterocycles. The van der Waals surface area contributed by atoms with Gasteiger partial charge in [0.15, 0.2) is 5.82 Å². The third-order valence-electron chi connectivity index (χ3n) is 2.69. The highest BCUT2D eigenvalue weighted by Gasteiger charge is 2.22. The molecule has 18 heavy (non-hydrogen) atoms. The third kappa shape index (κ3) is 3.06. The van der Waals surface area contributed by atoms with Crippen molar-refractivity contribution in [2.45, 2.75) is 12.8 Å². The second-order valence-electron chi connectivity index (χ2n) is 3.95. The fraction of sp³-hybridized carbons (Fsp3) is 0.500. The standard InChI is InChI=1S/C10H14ClN5O2/c11-10-13-4-7(8(15-10)16-12)14-9(17)6-2-1-3-18-5-6/h4,6H,1-3,5,12H2,(H,14,17)(H,13,15,16). The topological polar surface area (TPSA) is 102 Å². The molecule has 1 saturated heterocycles. The van der Waals surface area contributed by atoms with Crippen molar-refractivity contribution in [2.75, 3.05) is 24.0 Å². The minimum absolute atomic E-state index is 0.0574. The van der Waals surface area contributed by atoms with Crippen molar-refractivity contribution in [1.29, 1.82) is 0 Å². The lowest BCUT2D eigenvalue weighted by Gasteiger charge is -2.21. The van der Waals surface area contributed by atoms with Crippen LogP contribution in [0.15, 0.2) is 6.20 Å². The van der Waals surface area contributed by atoms with Gasteiger partial charge in [0.25, 0.3) is 0 Å². The Morgan fingerprint density at radius 2 is 2.44 bits per heavy atom. The van der Waals surface area contributed by atoms with Gasteiger partial charge in [-0.3, -0.25) is 4.79 Å². The smallest absolute Gasteiger partial charge is 0.229 e. The van der Waals surface area contributed by atoms with E-state index in [1.807, 2.05) is 0 Å². The van der Waals surface area contributed by atoms with Crippen molar-refractivity contribution in [3.8, 4) is 0 Å². The number of anilines is 2. The summed E-state index contributed by atoms with van der Waals surface area (Å²) in [6.07, 6.45) is 3.11. The summed E-state index contributed by atoms with van der Waals surface area (Å²) in [5.74, 6) is 5.30. The number of ether oxygens (including phenoxy) is 1. The summed E-state index contributed by atoms with van der Waals surface area (Å²) in [4.78, 5) is 19.6. The molecular weight excluding hydrogens is 258 g/mol. The zero-order valence-corrected chi connectivity index (χ0v) is 10.4. The van der Waals surface area contributed by atoms with E-state index in [1.54, 1.807) is 0 Å². The van der Waals surface area contributed by atoms with Crippen molar-refractivity contribution < 1.29 is 9.53 Å². The lowest BCUT2D eigenvalue weighted by atomic mass is 10.0. The Balaban J connectivity index is 2.06. The van der Waals surface area contributed by atoms with Gasteiger partial charge >= 0.3 is 0 Å². The first-order valence-electron chi connectivity index (χ1n) is 5.58. The SMILES string of the molecule is NNc1nc(Cl)ncc1NC(=O)C1CCCOC1. The van der Waals surface area contributed by atoms with E-state index < -0.39 is 0 Å². The van der Waals surface area contributed by atoms with Crippen LogP contribution in [-0.4, -0.2) is 29.1 Å². The lowest BCUT2D eigenvalue weighted by Crippen LogP contribution is -2.30. The van der Waals surface area contributed by atoms with E-state index in [2.05, 4.69) is 20.7 Å². The third-order valence-corrected chi connectivity index (χ3v) is 2.87. The van der Waals surface area contributed by atoms with E-state index in [1.165, 1.54) is 6.20 Å². The molecule has 98 valence electrons. The van der Waals surface area contributed by atoms with E-state index in [9.17, 15) is 4.79 Å². The Kier molecular flexibility index (Phi) is 4.29. The van der Waals surface area contributed by atoms with Crippen LogP contribution in [0.5, 0.6) is 0 Å². The molecule has 1 aliphatic heterocycles. The molecule has 0 aromatic carbocycles. The van der Waals surface area contributed by atoms with Crippen LogP contribution in [0.2, 0.25) is 5.28 Å². The number of amides is 1. The second-order valence-corrected chi connectivity index (χ2v) is 4.29. The molecule has 1 atom stereocenters. The van der Waals surface area contributed by atoms with Crippen molar-refractivity contribution >= 4 is 29.0 Å². The summed E-state index contributed by atoms with van der Waals surface area (Å²) in [5, 5.41) is 2.77. The molecule has 2 heterocycles. The van der Waals surface area contributed by atoms with Crippen molar-refractivity contribution in [3.05, 3.63) is 11.5 Å². The highest BCUT2D eigenvalue weighted by atomic mass is 35.5. The van der Waals surface area contributed by atoms with E-state index in [4.69, 9.17) is 22.2 Å². The average molecular weight is 272 g/mol. The van der Waals surface area contributed by atoms with Crippen molar-refractivity contribution in [3.63, 3.8) is 0 Å². The number of rotatable bonds is 3. The Morgan fingerprint density at radius 3 is 3.11 bits per heavy atom. The molecule has 1 aliphatic rings. The van der Waals surface area contributed by atoms with Crippen LogP contribution in [0.4, 0.5) is 11.5 Å². The first kappa shape index (κ1) is 13.0. The molecular formula is C10H14ClN5O2. The Morgan fingerprint density at radius 1 is 1.61 bits per heavy atom. The van der Waals surface area contributed by atoms with Crippen LogP contribution in [0.3, 0.4) is 0 Å². The van der Waals surface area contributed by atoms with Gasteiger partial charge in [0.2, 0.25) is 11.2 Å². The van der Waals surface area contributed by atoms with Crippen molar-refractivity contribution in [2.24, 2.45) is 11.8 Å². The predicted molar refractivity (Wildman–Crippen MR) is 67.0 cm³/mol. The van der Waals surface area contributed by atoms with E-state index in [0.29, 0.717) is 18.9 Å². The van der Waals surface area contributed by atoms with Gasteiger partial charge in [-0.05, 0) is 24.4 Å². The number of hydrazine groups is 1. The lowest BCUT2D eigenvalue weighted by molar-refractivity contribution is -0.123. The fourth-order valence-electron chi connectivity index (χ4n) is 1.74. The molecule has 0 radical (unpaired) electrons. The monoisotopic (exact) mass is 271 g/mol. The maximum absolute atomic E-state index is 12.0. The van der Waals surface area contributed by atoms with Gasteiger partial charge in [0, 0.05) is 6.61 Å². The molecule has 2 rings (SSSR count). The molecule has 8 heteroatoms. The molecule has 1 amide bonds. The average Bonchev–Trinajstić information content (AvgIpc) is 2.41. The summed E-state index contributed by atoms with van der Waals surface area (Å²) in [6.45, 7) is 1.15. The van der Waals surface area contributed by atoms with Crippen LogP contribution >= 0.6 is 11.6 Å². The zero-order valence-electron chi connectivity index (χ0n) is 9.65. The molecule has 0 spiro atoms. The van der Waals surface area contributed by atoms with Crippen LogP contribution in [-0.2, 0) is 9.53 Å². The largest absolute Gasteiger partial charge is 0.381 e. The molecule has 0 saturated carbocycles. The number of hydrogen-bond acceptors (Lipinski definition) is 6. The van der Waals surface area contributed by atoms with Gasteiger partial charge in [0.1, 0.15) is 5.69 Å². The Hall–Kier alpha value is -1.44. The number of halogens is 1. The van der Waals surface area contributed by atoms with Gasteiger partial charge in [-0.25, -0.2) is 10.8 Å². The van der Waals surface area contributed by atoms with E-state index >= 15 is 0 Å². The number of aromatic nitrogens is 2. The van der Waals surface area contributed by atoms with Gasteiger partial charge in [0.05, 0.1) is 18.7 Å². The van der Waals surface area contributed by atoms with Gasteiger partial charge < -0.3 is 15.5 Å². The van der Waals surface area contributed by atoms with Gasteiger partial charge in [-0.15, -0.1) is 0 Å². The number of nitrogens with zero attached hydrogens (tertiary/aromatic N) is 2. The highest BCUT2D eigenvalue weighted by molar-refractivity contribution is 6.28. The minimum Gasteiger partial charge on any atom is -0.381 e. The molecule has 1 unspecified atom stereocenters. The maximum Gasteiger partial charge on any atom is 0.229 e. The van der Waals surface area contributed by atoms with Crippen molar-refractivity contribution in [1.82, 2.24) is 9.97 Å². The number of nitrogen functional groups attached to an aromatic ring is 1. The van der Waals surface area contributed by atoms with E-state index in [0.717, 1.165) is 12.8 Å². The Bertz CT molecular complexity index is 436. The second kappa shape index (κ2) is 5.94. The number of nitrogens with two attached hydrogens (primary N) is 1. The summed E-state index contributed by atoms with van der Waals surface area (Å²) < 4.78 is 5.26. The first-order chi connectivity index (χ1) is 8.70. The Labute approximate surface area is 109 Å². The zero-order chi connectivity index (χ0) is 13.0. The molecule has 1 fully saturated rings. The number of nitrogens with one attached hydrogen (secondary N) is 2.